The highest BCUT2D eigenvalue weighted by atomic mass is 79.9. The zero-order valence-corrected chi connectivity index (χ0v) is 14.2. The van der Waals surface area contributed by atoms with Crippen molar-refractivity contribution in [3.05, 3.63) is 46.7 Å². The van der Waals surface area contributed by atoms with E-state index in [4.69, 9.17) is 4.74 Å². The van der Waals surface area contributed by atoms with Crippen LogP contribution in [0.5, 0.6) is 5.88 Å². The summed E-state index contributed by atoms with van der Waals surface area (Å²) in [6.07, 6.45) is 1.56. The molecule has 0 spiro atoms. The first-order valence-corrected chi connectivity index (χ1v) is 8.11. The number of rotatable bonds is 4. The van der Waals surface area contributed by atoms with Gasteiger partial charge in [0.25, 0.3) is 0 Å². The molecule has 1 saturated heterocycles. The second-order valence-corrected chi connectivity index (χ2v) is 6.23. The average molecular weight is 363 g/mol. The van der Waals surface area contributed by atoms with Crippen molar-refractivity contribution in [1.29, 1.82) is 0 Å². The van der Waals surface area contributed by atoms with E-state index in [1.165, 1.54) is 5.56 Å². The summed E-state index contributed by atoms with van der Waals surface area (Å²) in [5.41, 5.74) is 1.34. The van der Waals surface area contributed by atoms with Gasteiger partial charge >= 0.3 is 0 Å². The molecule has 0 saturated carbocycles. The van der Waals surface area contributed by atoms with E-state index in [1.54, 1.807) is 13.4 Å². The van der Waals surface area contributed by atoms with Crippen molar-refractivity contribution in [3.63, 3.8) is 0 Å². The fourth-order valence-corrected chi connectivity index (χ4v) is 3.09. The first-order valence-electron chi connectivity index (χ1n) is 7.32. The normalized spacial score (nSPS) is 15.8. The first kappa shape index (κ1) is 15.2. The molecule has 1 aliphatic rings. The van der Waals surface area contributed by atoms with E-state index in [0.717, 1.165) is 43.0 Å². The summed E-state index contributed by atoms with van der Waals surface area (Å²) >= 11 is 3.53. The van der Waals surface area contributed by atoms with E-state index in [-0.39, 0.29) is 0 Å². The van der Waals surface area contributed by atoms with E-state index >= 15 is 0 Å². The number of anilines is 1. The Kier molecular flexibility index (Phi) is 4.90. The molecule has 22 heavy (non-hydrogen) atoms. The highest BCUT2D eigenvalue weighted by Gasteiger charge is 2.18. The van der Waals surface area contributed by atoms with Crippen LogP contribution in [-0.4, -0.2) is 48.2 Å². The van der Waals surface area contributed by atoms with Gasteiger partial charge in [0.15, 0.2) is 0 Å². The van der Waals surface area contributed by atoms with Crippen molar-refractivity contribution in [2.45, 2.75) is 6.54 Å². The lowest BCUT2D eigenvalue weighted by Crippen LogP contribution is -2.46. The van der Waals surface area contributed by atoms with Crippen LogP contribution >= 0.6 is 15.9 Å². The minimum Gasteiger partial charge on any atom is -0.481 e. The fourth-order valence-electron chi connectivity index (χ4n) is 2.64. The van der Waals surface area contributed by atoms with Gasteiger partial charge in [0.1, 0.15) is 12.1 Å². The van der Waals surface area contributed by atoms with Gasteiger partial charge in [-0.25, -0.2) is 9.97 Å². The summed E-state index contributed by atoms with van der Waals surface area (Å²) in [4.78, 5) is 13.1. The number of nitrogens with zero attached hydrogens (tertiary/aromatic N) is 4. The van der Waals surface area contributed by atoms with Crippen LogP contribution in [0.15, 0.2) is 41.1 Å². The molecular formula is C16H19BrN4O. The van der Waals surface area contributed by atoms with Crippen molar-refractivity contribution in [2.75, 3.05) is 38.2 Å². The Balaban J connectivity index is 1.58. The second-order valence-electron chi connectivity index (χ2n) is 5.31. The van der Waals surface area contributed by atoms with Crippen LogP contribution in [0.1, 0.15) is 5.56 Å². The van der Waals surface area contributed by atoms with E-state index in [0.29, 0.717) is 5.88 Å². The Morgan fingerprint density at radius 3 is 2.68 bits per heavy atom. The molecule has 2 aromatic rings. The minimum absolute atomic E-state index is 0.613. The highest BCUT2D eigenvalue weighted by molar-refractivity contribution is 9.10. The Bertz CT molecular complexity index is 629. The van der Waals surface area contributed by atoms with Crippen molar-refractivity contribution < 1.29 is 4.74 Å². The van der Waals surface area contributed by atoms with Crippen LogP contribution in [0.4, 0.5) is 5.82 Å². The lowest BCUT2D eigenvalue weighted by molar-refractivity contribution is 0.249. The van der Waals surface area contributed by atoms with Gasteiger partial charge in [-0.2, -0.15) is 0 Å². The molecule has 1 aliphatic heterocycles. The summed E-state index contributed by atoms with van der Waals surface area (Å²) < 4.78 is 6.30. The number of halogens is 1. The third-order valence-electron chi connectivity index (χ3n) is 3.83. The van der Waals surface area contributed by atoms with Crippen LogP contribution in [0.25, 0.3) is 0 Å². The molecule has 0 amide bonds. The molecule has 0 bridgehead atoms. The highest BCUT2D eigenvalue weighted by Crippen LogP contribution is 2.19. The number of piperazine rings is 1. The van der Waals surface area contributed by atoms with Crippen molar-refractivity contribution in [2.24, 2.45) is 0 Å². The number of aromatic nitrogens is 2. The van der Waals surface area contributed by atoms with Crippen LogP contribution in [0.3, 0.4) is 0 Å². The third-order valence-corrected chi connectivity index (χ3v) is 4.32. The lowest BCUT2D eigenvalue weighted by atomic mass is 10.2. The predicted molar refractivity (Wildman–Crippen MR) is 90.2 cm³/mol. The molecule has 6 heteroatoms. The van der Waals surface area contributed by atoms with Gasteiger partial charge in [0, 0.05) is 43.3 Å². The fraction of sp³-hybridized carbons (Fsp3) is 0.375. The molecule has 3 rings (SSSR count). The summed E-state index contributed by atoms with van der Waals surface area (Å²) in [6.45, 7) is 4.97. The minimum atomic E-state index is 0.613. The summed E-state index contributed by atoms with van der Waals surface area (Å²) in [5.74, 6) is 1.55. The molecule has 1 aromatic heterocycles. The molecule has 1 fully saturated rings. The largest absolute Gasteiger partial charge is 0.481 e. The predicted octanol–water partition coefficient (Wildman–Crippen LogP) is 2.57. The van der Waals surface area contributed by atoms with Gasteiger partial charge in [0.2, 0.25) is 5.88 Å². The molecule has 116 valence electrons. The Labute approximate surface area is 139 Å². The molecule has 1 aromatic carbocycles. The van der Waals surface area contributed by atoms with Gasteiger partial charge in [-0.1, -0.05) is 28.1 Å². The molecule has 0 unspecified atom stereocenters. The number of methoxy groups -OCH3 is 1. The Morgan fingerprint density at radius 1 is 1.14 bits per heavy atom. The van der Waals surface area contributed by atoms with Crippen molar-refractivity contribution >= 4 is 21.7 Å². The first-order chi connectivity index (χ1) is 10.7. The lowest BCUT2D eigenvalue weighted by Gasteiger charge is -2.35. The van der Waals surface area contributed by atoms with Gasteiger partial charge in [0.05, 0.1) is 7.11 Å². The smallest absolute Gasteiger partial charge is 0.218 e. The van der Waals surface area contributed by atoms with Crippen LogP contribution in [0.2, 0.25) is 0 Å². The van der Waals surface area contributed by atoms with Crippen LogP contribution < -0.4 is 9.64 Å². The Hall–Kier alpha value is -1.66. The summed E-state index contributed by atoms with van der Waals surface area (Å²) in [5, 5.41) is 0. The molecule has 0 N–H and O–H groups in total. The molecule has 2 heterocycles. The molecule has 0 aliphatic carbocycles. The molecular weight excluding hydrogens is 344 g/mol. The second kappa shape index (κ2) is 7.07. The standard InChI is InChI=1S/C16H19BrN4O/c1-22-16-10-15(18-12-19-16)21-7-5-20(6-8-21)11-13-3-2-4-14(17)9-13/h2-4,9-10,12H,5-8,11H2,1H3. The SMILES string of the molecule is COc1cc(N2CCN(Cc3cccc(Br)c3)CC2)ncn1. The number of hydrogen-bond donors (Lipinski definition) is 0. The summed E-state index contributed by atoms with van der Waals surface area (Å²) in [6, 6.07) is 10.4. The third kappa shape index (κ3) is 3.75. The molecule has 5 nitrogen and oxygen atoms in total. The number of benzene rings is 1. The van der Waals surface area contributed by atoms with E-state index in [2.05, 4.69) is 60.0 Å². The molecule has 0 radical (unpaired) electrons. The van der Waals surface area contributed by atoms with Crippen LogP contribution in [0, 0.1) is 0 Å². The maximum atomic E-state index is 5.16. The van der Waals surface area contributed by atoms with E-state index < -0.39 is 0 Å². The zero-order chi connectivity index (χ0) is 15.4. The maximum Gasteiger partial charge on any atom is 0.218 e. The number of hydrogen-bond acceptors (Lipinski definition) is 5. The van der Waals surface area contributed by atoms with Gasteiger partial charge < -0.3 is 9.64 Å². The quantitative estimate of drug-likeness (QED) is 0.835. The summed E-state index contributed by atoms with van der Waals surface area (Å²) in [7, 11) is 1.63. The van der Waals surface area contributed by atoms with E-state index in [9.17, 15) is 0 Å². The average Bonchev–Trinajstić information content (AvgIpc) is 2.56. The van der Waals surface area contributed by atoms with E-state index in [1.807, 2.05) is 6.07 Å². The topological polar surface area (TPSA) is 41.5 Å². The maximum absolute atomic E-state index is 5.16. The monoisotopic (exact) mass is 362 g/mol. The number of ether oxygens (including phenoxy) is 1. The van der Waals surface area contributed by atoms with Crippen LogP contribution in [-0.2, 0) is 6.54 Å². The van der Waals surface area contributed by atoms with Gasteiger partial charge in [-0.3, -0.25) is 4.90 Å². The Morgan fingerprint density at radius 2 is 1.95 bits per heavy atom. The van der Waals surface area contributed by atoms with Crippen molar-refractivity contribution in [1.82, 2.24) is 14.9 Å². The van der Waals surface area contributed by atoms with Gasteiger partial charge in [-0.15, -0.1) is 0 Å². The van der Waals surface area contributed by atoms with Gasteiger partial charge in [-0.05, 0) is 17.7 Å². The van der Waals surface area contributed by atoms with Crippen molar-refractivity contribution in [3.8, 4) is 5.88 Å². The zero-order valence-electron chi connectivity index (χ0n) is 12.6. The molecule has 0 atom stereocenters.